The second kappa shape index (κ2) is 5.07. The van der Waals surface area contributed by atoms with E-state index in [1.54, 1.807) is 12.1 Å². The number of nitrogens with zero attached hydrogens (tertiary/aromatic N) is 1. The van der Waals surface area contributed by atoms with Crippen molar-refractivity contribution < 1.29 is 4.92 Å². The van der Waals surface area contributed by atoms with Gasteiger partial charge in [-0.15, -0.1) is 0 Å². The van der Waals surface area contributed by atoms with Crippen molar-refractivity contribution in [1.82, 2.24) is 0 Å². The Morgan fingerprint density at radius 2 is 2.12 bits per heavy atom. The highest BCUT2D eigenvalue weighted by Gasteiger charge is 2.18. The van der Waals surface area contributed by atoms with Gasteiger partial charge in [0.2, 0.25) is 0 Å². The van der Waals surface area contributed by atoms with E-state index in [1.165, 1.54) is 0 Å². The van der Waals surface area contributed by atoms with Crippen LogP contribution in [-0.2, 0) is 0 Å². The van der Waals surface area contributed by atoms with E-state index in [1.807, 2.05) is 19.9 Å². The fourth-order valence-corrected chi connectivity index (χ4v) is 2.06. The molecule has 4 nitrogen and oxygen atoms in total. The van der Waals surface area contributed by atoms with E-state index in [0.29, 0.717) is 0 Å². The van der Waals surface area contributed by atoms with Gasteiger partial charge in [-0.3, -0.25) is 10.1 Å². The van der Waals surface area contributed by atoms with Crippen LogP contribution in [0.3, 0.4) is 0 Å². The van der Waals surface area contributed by atoms with Crippen LogP contribution in [0.4, 0.5) is 5.69 Å². The minimum Gasteiger partial charge on any atom is -0.327 e. The van der Waals surface area contributed by atoms with E-state index in [2.05, 4.69) is 6.92 Å². The summed E-state index contributed by atoms with van der Waals surface area (Å²) in [6, 6.07) is 5.05. The number of benzene rings is 1. The SMILES string of the molecule is CCC(c1ccc([N+](=O)[O-])cc1C)C(C)N. The molecule has 0 heterocycles. The maximum absolute atomic E-state index is 10.6. The molecule has 2 N–H and O–H groups in total. The molecule has 88 valence electrons. The van der Waals surface area contributed by atoms with Crippen LogP contribution in [0.1, 0.15) is 37.3 Å². The molecule has 0 fully saturated rings. The molecule has 0 spiro atoms. The Bertz CT molecular complexity index is 389. The van der Waals surface area contributed by atoms with Gasteiger partial charge in [0.1, 0.15) is 0 Å². The lowest BCUT2D eigenvalue weighted by atomic mass is 9.87. The van der Waals surface area contributed by atoms with Crippen molar-refractivity contribution in [2.24, 2.45) is 5.73 Å². The van der Waals surface area contributed by atoms with Crippen LogP contribution in [0, 0.1) is 17.0 Å². The van der Waals surface area contributed by atoms with Crippen LogP contribution in [0.2, 0.25) is 0 Å². The molecule has 1 aromatic rings. The molecule has 1 rings (SSSR count). The van der Waals surface area contributed by atoms with E-state index in [9.17, 15) is 10.1 Å². The summed E-state index contributed by atoms with van der Waals surface area (Å²) in [4.78, 5) is 10.2. The summed E-state index contributed by atoms with van der Waals surface area (Å²) < 4.78 is 0. The first-order chi connectivity index (χ1) is 7.47. The average molecular weight is 222 g/mol. The molecule has 4 heteroatoms. The van der Waals surface area contributed by atoms with E-state index >= 15 is 0 Å². The number of nitrogens with two attached hydrogens (primary N) is 1. The molecule has 2 atom stereocenters. The summed E-state index contributed by atoms with van der Waals surface area (Å²) >= 11 is 0. The normalized spacial score (nSPS) is 14.5. The van der Waals surface area contributed by atoms with Gasteiger partial charge in [0.25, 0.3) is 5.69 Å². The molecule has 0 saturated carbocycles. The van der Waals surface area contributed by atoms with E-state index in [-0.39, 0.29) is 22.6 Å². The van der Waals surface area contributed by atoms with Crippen LogP contribution in [0.5, 0.6) is 0 Å². The Morgan fingerprint density at radius 1 is 1.50 bits per heavy atom. The first-order valence-electron chi connectivity index (χ1n) is 5.47. The number of non-ortho nitro benzene ring substituents is 1. The van der Waals surface area contributed by atoms with Crippen molar-refractivity contribution in [3.8, 4) is 0 Å². The van der Waals surface area contributed by atoms with E-state index in [4.69, 9.17) is 5.73 Å². The third kappa shape index (κ3) is 2.58. The zero-order valence-electron chi connectivity index (χ0n) is 9.93. The van der Waals surface area contributed by atoms with Gasteiger partial charge in [0, 0.05) is 18.2 Å². The molecule has 0 aliphatic rings. The molecular weight excluding hydrogens is 204 g/mol. The molecule has 16 heavy (non-hydrogen) atoms. The van der Waals surface area contributed by atoms with Gasteiger partial charge < -0.3 is 5.73 Å². The maximum atomic E-state index is 10.6. The lowest BCUT2D eigenvalue weighted by Crippen LogP contribution is -2.24. The average Bonchev–Trinajstić information content (AvgIpc) is 2.20. The van der Waals surface area contributed by atoms with Gasteiger partial charge in [0.15, 0.2) is 0 Å². The number of aryl methyl sites for hydroxylation is 1. The molecule has 1 aromatic carbocycles. The molecule has 0 saturated heterocycles. The predicted molar refractivity (Wildman–Crippen MR) is 64.5 cm³/mol. The van der Waals surface area contributed by atoms with E-state index in [0.717, 1.165) is 17.5 Å². The van der Waals surface area contributed by atoms with Crippen molar-refractivity contribution in [2.45, 2.75) is 39.2 Å². The second-order valence-electron chi connectivity index (χ2n) is 4.17. The minimum atomic E-state index is -0.371. The largest absolute Gasteiger partial charge is 0.327 e. The third-order valence-electron chi connectivity index (χ3n) is 2.94. The minimum absolute atomic E-state index is 0.0603. The van der Waals surface area contributed by atoms with Gasteiger partial charge >= 0.3 is 0 Å². The monoisotopic (exact) mass is 222 g/mol. The molecule has 0 bridgehead atoms. The molecule has 0 aliphatic carbocycles. The van der Waals surface area contributed by atoms with Crippen LogP contribution in [0.25, 0.3) is 0 Å². The maximum Gasteiger partial charge on any atom is 0.269 e. The van der Waals surface area contributed by atoms with Crippen molar-refractivity contribution in [2.75, 3.05) is 0 Å². The van der Waals surface area contributed by atoms with Gasteiger partial charge in [-0.1, -0.05) is 13.0 Å². The number of nitro groups is 1. The summed E-state index contributed by atoms with van der Waals surface area (Å²) in [6.07, 6.45) is 0.941. The Balaban J connectivity index is 3.11. The van der Waals surface area contributed by atoms with Crippen molar-refractivity contribution in [1.29, 1.82) is 0 Å². The molecular formula is C12H18N2O2. The Kier molecular flexibility index (Phi) is 4.01. The number of rotatable bonds is 4. The predicted octanol–water partition coefficient (Wildman–Crippen LogP) is 2.74. The topological polar surface area (TPSA) is 69.2 Å². The lowest BCUT2D eigenvalue weighted by Gasteiger charge is -2.21. The van der Waals surface area contributed by atoms with Crippen LogP contribution in [-0.4, -0.2) is 11.0 Å². The summed E-state index contributed by atoms with van der Waals surface area (Å²) in [5, 5.41) is 10.6. The summed E-state index contributed by atoms with van der Waals surface area (Å²) in [5.74, 6) is 0.265. The van der Waals surface area contributed by atoms with Gasteiger partial charge in [-0.05, 0) is 37.3 Å². The first kappa shape index (κ1) is 12.6. The summed E-state index contributed by atoms with van der Waals surface area (Å²) in [6.45, 7) is 5.94. The van der Waals surface area contributed by atoms with Gasteiger partial charge in [0.05, 0.1) is 4.92 Å². The number of nitro benzene ring substituents is 1. The van der Waals surface area contributed by atoms with E-state index < -0.39 is 0 Å². The van der Waals surface area contributed by atoms with Crippen molar-refractivity contribution in [3.63, 3.8) is 0 Å². The number of hydrogen-bond acceptors (Lipinski definition) is 3. The lowest BCUT2D eigenvalue weighted by molar-refractivity contribution is -0.384. The molecule has 0 radical (unpaired) electrons. The Hall–Kier alpha value is -1.42. The van der Waals surface area contributed by atoms with Gasteiger partial charge in [-0.25, -0.2) is 0 Å². The van der Waals surface area contributed by atoms with Crippen LogP contribution in [0.15, 0.2) is 18.2 Å². The van der Waals surface area contributed by atoms with Crippen molar-refractivity contribution >= 4 is 5.69 Å². The van der Waals surface area contributed by atoms with Crippen LogP contribution < -0.4 is 5.73 Å². The fraction of sp³-hybridized carbons (Fsp3) is 0.500. The quantitative estimate of drug-likeness (QED) is 0.629. The molecule has 0 aliphatic heterocycles. The summed E-state index contributed by atoms with van der Waals surface area (Å²) in [5.41, 5.74) is 8.11. The van der Waals surface area contributed by atoms with Crippen LogP contribution >= 0.6 is 0 Å². The number of hydrogen-bond donors (Lipinski definition) is 1. The third-order valence-corrected chi connectivity index (χ3v) is 2.94. The first-order valence-corrected chi connectivity index (χ1v) is 5.47. The Morgan fingerprint density at radius 3 is 2.50 bits per heavy atom. The highest BCUT2D eigenvalue weighted by Crippen LogP contribution is 2.27. The van der Waals surface area contributed by atoms with Gasteiger partial charge in [-0.2, -0.15) is 0 Å². The fourth-order valence-electron chi connectivity index (χ4n) is 2.06. The molecule has 0 aromatic heterocycles. The standard InChI is InChI=1S/C12H18N2O2/c1-4-11(9(3)13)12-6-5-10(14(15)16)7-8(12)2/h5-7,9,11H,4,13H2,1-3H3. The highest BCUT2D eigenvalue weighted by atomic mass is 16.6. The zero-order valence-corrected chi connectivity index (χ0v) is 9.93. The summed E-state index contributed by atoms with van der Waals surface area (Å²) in [7, 11) is 0. The Labute approximate surface area is 95.6 Å². The second-order valence-corrected chi connectivity index (χ2v) is 4.17. The smallest absolute Gasteiger partial charge is 0.269 e. The zero-order chi connectivity index (χ0) is 12.3. The van der Waals surface area contributed by atoms with Crippen molar-refractivity contribution in [3.05, 3.63) is 39.4 Å². The molecule has 0 amide bonds. The highest BCUT2D eigenvalue weighted by molar-refractivity contribution is 5.41. The molecule has 2 unspecified atom stereocenters.